The molecule has 8 nitrogen and oxygen atoms in total. The Morgan fingerprint density at radius 2 is 1.66 bits per heavy atom. The SMILES string of the molecule is CCCCC(C)C(O)Cc1cc(C)c2nc(CCC)n(C)c2n1.CCc1ccc(-c2ccccc2-c2nn[nH]n2)cc1CC. The summed E-state index contributed by atoms with van der Waals surface area (Å²) in [6.45, 7) is 13.0. The number of pyridine rings is 1. The van der Waals surface area contributed by atoms with Gasteiger partial charge in [0.05, 0.1) is 6.10 Å². The van der Waals surface area contributed by atoms with E-state index in [9.17, 15) is 5.11 Å². The molecular formula is C36H49N7O. The predicted octanol–water partition coefficient (Wildman–Crippen LogP) is 7.62. The van der Waals surface area contributed by atoms with Crippen molar-refractivity contribution in [2.75, 3.05) is 0 Å². The number of fused-ring (bicyclic) bond motifs is 1. The van der Waals surface area contributed by atoms with Crippen molar-refractivity contribution in [3.05, 3.63) is 76.7 Å². The van der Waals surface area contributed by atoms with E-state index in [1.165, 1.54) is 29.5 Å². The number of imidazole rings is 1. The Balaban J connectivity index is 0.000000201. The molecule has 5 rings (SSSR count). The third-order valence-electron chi connectivity index (χ3n) is 8.52. The summed E-state index contributed by atoms with van der Waals surface area (Å²) in [7, 11) is 2.04. The first kappa shape index (κ1) is 33.0. The number of hydrogen-bond donors (Lipinski definition) is 2. The molecule has 2 unspecified atom stereocenters. The lowest BCUT2D eigenvalue weighted by atomic mass is 9.94. The summed E-state index contributed by atoms with van der Waals surface area (Å²) in [5.41, 5.74) is 10.2. The Morgan fingerprint density at radius 3 is 2.32 bits per heavy atom. The van der Waals surface area contributed by atoms with Gasteiger partial charge >= 0.3 is 0 Å². The Hall–Kier alpha value is -3.91. The molecule has 0 bridgehead atoms. The van der Waals surface area contributed by atoms with Crippen LogP contribution in [0.15, 0.2) is 48.5 Å². The van der Waals surface area contributed by atoms with Gasteiger partial charge < -0.3 is 9.67 Å². The van der Waals surface area contributed by atoms with E-state index in [2.05, 4.69) is 97.1 Å². The van der Waals surface area contributed by atoms with Crippen molar-refractivity contribution in [1.82, 2.24) is 35.2 Å². The summed E-state index contributed by atoms with van der Waals surface area (Å²) in [6, 6.07) is 16.9. The second-order valence-corrected chi connectivity index (χ2v) is 11.8. The average Bonchev–Trinajstić information content (AvgIpc) is 3.69. The highest BCUT2D eigenvalue weighted by Gasteiger charge is 2.18. The number of nitrogens with zero attached hydrogens (tertiary/aromatic N) is 6. The maximum Gasteiger partial charge on any atom is 0.205 e. The van der Waals surface area contributed by atoms with Crippen molar-refractivity contribution in [3.63, 3.8) is 0 Å². The molecule has 0 spiro atoms. The van der Waals surface area contributed by atoms with E-state index in [0.717, 1.165) is 71.5 Å². The normalized spacial score (nSPS) is 12.6. The summed E-state index contributed by atoms with van der Waals surface area (Å²) >= 11 is 0. The summed E-state index contributed by atoms with van der Waals surface area (Å²) in [6.07, 6.45) is 7.88. The number of aromatic nitrogens is 7. The summed E-state index contributed by atoms with van der Waals surface area (Å²) < 4.78 is 2.10. The maximum absolute atomic E-state index is 10.5. The van der Waals surface area contributed by atoms with Gasteiger partial charge in [-0.25, -0.2) is 9.97 Å². The van der Waals surface area contributed by atoms with E-state index >= 15 is 0 Å². The molecular weight excluding hydrogens is 546 g/mol. The zero-order chi connectivity index (χ0) is 31.6. The second kappa shape index (κ2) is 15.7. The zero-order valence-corrected chi connectivity index (χ0v) is 27.6. The van der Waals surface area contributed by atoms with Gasteiger partial charge in [-0.2, -0.15) is 5.21 Å². The largest absolute Gasteiger partial charge is 0.392 e. The van der Waals surface area contributed by atoms with Gasteiger partial charge in [0.15, 0.2) is 5.65 Å². The number of aryl methyl sites for hydroxylation is 5. The number of aliphatic hydroxyl groups excluding tert-OH is 1. The highest BCUT2D eigenvalue weighted by atomic mass is 16.3. The van der Waals surface area contributed by atoms with Crippen LogP contribution >= 0.6 is 0 Å². The van der Waals surface area contributed by atoms with E-state index in [1.807, 2.05) is 25.2 Å². The standard InChI is InChI=1S/C19H31N3O.C17H18N4/c1-6-8-10-13(3)16(23)12-15-11-14(4)18-19(20-15)22(5)17(21-18)9-7-2;1-3-12-9-10-14(11-13(12)4-2)15-7-5-6-8-16(15)17-18-20-21-19-17/h11,13,16,23H,6-10,12H2,1-5H3;5-11H,3-4H2,1-2H3,(H,18,19,20,21). The predicted molar refractivity (Wildman–Crippen MR) is 179 cm³/mol. The molecule has 2 aromatic carbocycles. The van der Waals surface area contributed by atoms with Gasteiger partial charge in [-0.05, 0) is 77.6 Å². The molecule has 8 heteroatoms. The molecule has 3 heterocycles. The van der Waals surface area contributed by atoms with Crippen LogP contribution in [0.1, 0.15) is 88.5 Å². The van der Waals surface area contributed by atoms with Crippen LogP contribution in [0.2, 0.25) is 0 Å². The first-order valence-corrected chi connectivity index (χ1v) is 16.3. The summed E-state index contributed by atoms with van der Waals surface area (Å²) in [5, 5.41) is 24.8. The molecule has 5 aromatic rings. The Labute approximate surface area is 262 Å². The lowest BCUT2D eigenvalue weighted by Gasteiger charge is -2.18. The molecule has 2 atom stereocenters. The van der Waals surface area contributed by atoms with E-state index in [0.29, 0.717) is 18.2 Å². The van der Waals surface area contributed by atoms with Crippen LogP contribution < -0.4 is 0 Å². The number of tetrazole rings is 1. The maximum atomic E-state index is 10.5. The van der Waals surface area contributed by atoms with Crippen molar-refractivity contribution < 1.29 is 5.11 Å². The van der Waals surface area contributed by atoms with E-state index in [-0.39, 0.29) is 6.10 Å². The molecule has 3 aromatic heterocycles. The van der Waals surface area contributed by atoms with Crippen molar-refractivity contribution in [3.8, 4) is 22.5 Å². The van der Waals surface area contributed by atoms with Gasteiger partial charge in [0, 0.05) is 31.1 Å². The van der Waals surface area contributed by atoms with Crippen LogP contribution in [0.5, 0.6) is 0 Å². The molecule has 0 aliphatic heterocycles. The minimum Gasteiger partial charge on any atom is -0.392 e. The van der Waals surface area contributed by atoms with Gasteiger partial charge in [-0.1, -0.05) is 89.9 Å². The molecule has 2 N–H and O–H groups in total. The number of aromatic amines is 1. The molecule has 0 radical (unpaired) electrons. The van der Waals surface area contributed by atoms with Crippen LogP contribution in [0.4, 0.5) is 0 Å². The lowest BCUT2D eigenvalue weighted by molar-refractivity contribution is 0.110. The minimum absolute atomic E-state index is 0.315. The van der Waals surface area contributed by atoms with Gasteiger partial charge in [0.2, 0.25) is 5.82 Å². The fourth-order valence-electron chi connectivity index (χ4n) is 5.77. The smallest absolute Gasteiger partial charge is 0.205 e. The van der Waals surface area contributed by atoms with Crippen molar-refractivity contribution in [2.45, 2.75) is 99.0 Å². The van der Waals surface area contributed by atoms with E-state index in [1.54, 1.807) is 0 Å². The van der Waals surface area contributed by atoms with Crippen LogP contribution in [0.25, 0.3) is 33.7 Å². The number of benzene rings is 2. The molecule has 44 heavy (non-hydrogen) atoms. The lowest BCUT2D eigenvalue weighted by Crippen LogP contribution is -2.21. The monoisotopic (exact) mass is 595 g/mol. The Morgan fingerprint density at radius 1 is 0.909 bits per heavy atom. The summed E-state index contributed by atoms with van der Waals surface area (Å²) in [5.74, 6) is 2.03. The highest BCUT2D eigenvalue weighted by Crippen LogP contribution is 2.31. The van der Waals surface area contributed by atoms with Crippen LogP contribution in [0.3, 0.4) is 0 Å². The van der Waals surface area contributed by atoms with Gasteiger partial charge in [0.1, 0.15) is 11.3 Å². The third kappa shape index (κ3) is 7.78. The number of nitrogens with one attached hydrogen (secondary N) is 1. The number of unbranched alkanes of at least 4 members (excludes halogenated alkanes) is 1. The van der Waals surface area contributed by atoms with Crippen molar-refractivity contribution in [2.24, 2.45) is 13.0 Å². The quantitative estimate of drug-likeness (QED) is 0.154. The van der Waals surface area contributed by atoms with Gasteiger partial charge in [-0.15, -0.1) is 10.2 Å². The fraction of sp³-hybridized carbons (Fsp3) is 0.472. The molecule has 234 valence electrons. The van der Waals surface area contributed by atoms with Crippen LogP contribution in [0, 0.1) is 12.8 Å². The molecule has 0 aliphatic rings. The second-order valence-electron chi connectivity index (χ2n) is 11.8. The first-order chi connectivity index (χ1) is 21.3. The molecule has 0 aliphatic carbocycles. The molecule has 0 amide bonds. The van der Waals surface area contributed by atoms with Gasteiger partial charge in [0.25, 0.3) is 0 Å². The first-order valence-electron chi connectivity index (χ1n) is 16.3. The van der Waals surface area contributed by atoms with Crippen molar-refractivity contribution in [1.29, 1.82) is 0 Å². The zero-order valence-electron chi connectivity index (χ0n) is 27.6. The van der Waals surface area contributed by atoms with Crippen LogP contribution in [-0.2, 0) is 32.7 Å². The Bertz CT molecular complexity index is 1620. The Kier molecular flexibility index (Phi) is 11.8. The number of hydrogen-bond acceptors (Lipinski definition) is 6. The molecule has 0 saturated carbocycles. The fourth-order valence-corrected chi connectivity index (χ4v) is 5.77. The molecule has 0 fully saturated rings. The number of H-pyrrole nitrogens is 1. The van der Waals surface area contributed by atoms with E-state index < -0.39 is 0 Å². The highest BCUT2D eigenvalue weighted by molar-refractivity contribution is 5.80. The van der Waals surface area contributed by atoms with Crippen LogP contribution in [-0.4, -0.2) is 46.4 Å². The average molecular weight is 596 g/mol. The number of aliphatic hydroxyl groups is 1. The van der Waals surface area contributed by atoms with E-state index in [4.69, 9.17) is 9.97 Å². The topological polar surface area (TPSA) is 105 Å². The van der Waals surface area contributed by atoms with Crippen molar-refractivity contribution >= 4 is 11.2 Å². The van der Waals surface area contributed by atoms with Gasteiger partial charge in [-0.3, -0.25) is 0 Å². The summed E-state index contributed by atoms with van der Waals surface area (Å²) in [4.78, 5) is 9.52. The number of rotatable bonds is 12. The minimum atomic E-state index is -0.325. The third-order valence-corrected chi connectivity index (χ3v) is 8.52. The molecule has 0 saturated heterocycles.